The van der Waals surface area contributed by atoms with E-state index in [1.807, 2.05) is 12.6 Å². The van der Waals surface area contributed by atoms with E-state index >= 15 is 0 Å². The van der Waals surface area contributed by atoms with Gasteiger partial charge in [-0.1, -0.05) is 11.9 Å². The van der Waals surface area contributed by atoms with Crippen molar-refractivity contribution in [3.8, 4) is 0 Å². The Morgan fingerprint density at radius 2 is 2.56 bits per heavy atom. The van der Waals surface area contributed by atoms with Crippen molar-refractivity contribution in [3.05, 3.63) is 0 Å². The van der Waals surface area contributed by atoms with E-state index in [-0.39, 0.29) is 0 Å². The average molecular weight is 125 g/mol. The molecule has 0 aromatic carbocycles. The molecule has 1 aliphatic rings. The van der Waals surface area contributed by atoms with Crippen LogP contribution in [0.2, 0.25) is 0 Å². The highest BCUT2D eigenvalue weighted by Gasteiger charge is 2.11. The summed E-state index contributed by atoms with van der Waals surface area (Å²) in [5.74, 6) is 0. The molecule has 9 heavy (non-hydrogen) atoms. The number of nitrogens with zero attached hydrogens (tertiary/aromatic N) is 2. The lowest BCUT2D eigenvalue weighted by molar-refractivity contribution is -0.541. The molecule has 1 unspecified atom stereocenters. The van der Waals surface area contributed by atoms with Gasteiger partial charge in [-0.05, 0) is 13.3 Å². The van der Waals surface area contributed by atoms with Crippen LogP contribution in [-0.2, 0) is 0 Å². The minimum atomic E-state index is 0.646. The zero-order valence-electron chi connectivity index (χ0n) is 6.04. The molecule has 1 rings (SSSR count). The molecule has 0 amide bonds. The van der Waals surface area contributed by atoms with Gasteiger partial charge in [0.05, 0.1) is 6.04 Å². The summed E-state index contributed by atoms with van der Waals surface area (Å²) in [6, 6.07) is 0.646. The van der Waals surface area contributed by atoms with Gasteiger partial charge in [0.2, 0.25) is 0 Å². The SMILES string of the molecule is CCC(C)[N+]1=CN=CC1. The second-order valence-corrected chi connectivity index (χ2v) is 2.40. The maximum Gasteiger partial charge on any atom is 0.281 e. The predicted molar refractivity (Wildman–Crippen MR) is 39.4 cm³/mol. The van der Waals surface area contributed by atoms with Crippen LogP contribution in [-0.4, -0.2) is 29.7 Å². The molecule has 0 saturated carbocycles. The predicted octanol–water partition coefficient (Wildman–Crippen LogP) is 0.910. The lowest BCUT2D eigenvalue weighted by Crippen LogP contribution is -2.21. The molecule has 1 heterocycles. The first-order valence-corrected chi connectivity index (χ1v) is 3.45. The van der Waals surface area contributed by atoms with E-state index in [0.717, 1.165) is 6.54 Å². The third-order valence-electron chi connectivity index (χ3n) is 1.77. The summed E-state index contributed by atoms with van der Waals surface area (Å²) < 4.78 is 2.24. The maximum absolute atomic E-state index is 4.01. The highest BCUT2D eigenvalue weighted by molar-refractivity contribution is 5.74. The Balaban J connectivity index is 2.45. The van der Waals surface area contributed by atoms with Gasteiger partial charge in [0, 0.05) is 0 Å². The number of hydrogen-bond acceptors (Lipinski definition) is 1. The molecule has 2 heteroatoms. The fraction of sp³-hybridized carbons (Fsp3) is 0.714. The van der Waals surface area contributed by atoms with Crippen molar-refractivity contribution < 1.29 is 4.58 Å². The number of hydrogen-bond donors (Lipinski definition) is 0. The largest absolute Gasteiger partial charge is 0.281 e. The Hall–Kier alpha value is -0.660. The van der Waals surface area contributed by atoms with Crippen molar-refractivity contribution in [1.82, 2.24) is 0 Å². The van der Waals surface area contributed by atoms with Crippen LogP contribution in [0.4, 0.5) is 0 Å². The minimum absolute atomic E-state index is 0.646. The molecular formula is C7H13N2+. The molecule has 0 aromatic heterocycles. The van der Waals surface area contributed by atoms with Crippen LogP contribution in [0.5, 0.6) is 0 Å². The van der Waals surface area contributed by atoms with E-state index in [0.29, 0.717) is 6.04 Å². The summed E-state index contributed by atoms with van der Waals surface area (Å²) in [5, 5.41) is 0. The Kier molecular flexibility index (Phi) is 1.98. The van der Waals surface area contributed by atoms with E-state index < -0.39 is 0 Å². The van der Waals surface area contributed by atoms with E-state index in [9.17, 15) is 0 Å². The van der Waals surface area contributed by atoms with Gasteiger partial charge in [0.15, 0.2) is 6.21 Å². The molecule has 1 aliphatic heterocycles. The first-order valence-electron chi connectivity index (χ1n) is 3.45. The zero-order valence-corrected chi connectivity index (χ0v) is 6.04. The molecule has 0 aliphatic carbocycles. The third-order valence-corrected chi connectivity index (χ3v) is 1.77. The van der Waals surface area contributed by atoms with Gasteiger partial charge >= 0.3 is 0 Å². The number of aliphatic imine (C=N–C) groups is 1. The molecule has 0 fully saturated rings. The van der Waals surface area contributed by atoms with Gasteiger partial charge in [0.1, 0.15) is 6.54 Å². The molecular weight excluding hydrogens is 112 g/mol. The lowest BCUT2D eigenvalue weighted by Gasteiger charge is -2.05. The standard InChI is InChI=1S/C7H13N2/c1-3-7(2)9-5-4-8-6-9/h4,6-7H,3,5H2,1-2H3/q+1. The van der Waals surface area contributed by atoms with Crippen molar-refractivity contribution in [2.45, 2.75) is 26.3 Å². The van der Waals surface area contributed by atoms with Crippen molar-refractivity contribution in [2.75, 3.05) is 6.54 Å². The van der Waals surface area contributed by atoms with Crippen LogP contribution in [0.1, 0.15) is 20.3 Å². The summed E-state index contributed by atoms with van der Waals surface area (Å²) in [5.41, 5.74) is 0. The average Bonchev–Trinajstić information content (AvgIpc) is 2.37. The smallest absolute Gasteiger partial charge is 0.255 e. The van der Waals surface area contributed by atoms with Crippen LogP contribution >= 0.6 is 0 Å². The van der Waals surface area contributed by atoms with Crippen LogP contribution in [0, 0.1) is 0 Å². The third kappa shape index (κ3) is 1.37. The van der Waals surface area contributed by atoms with Gasteiger partial charge in [0.25, 0.3) is 6.34 Å². The monoisotopic (exact) mass is 125 g/mol. The van der Waals surface area contributed by atoms with E-state index in [4.69, 9.17) is 0 Å². The van der Waals surface area contributed by atoms with Crippen LogP contribution in [0.3, 0.4) is 0 Å². The maximum atomic E-state index is 4.01. The van der Waals surface area contributed by atoms with Crippen molar-refractivity contribution in [1.29, 1.82) is 0 Å². The molecule has 50 valence electrons. The van der Waals surface area contributed by atoms with Gasteiger partial charge in [-0.2, -0.15) is 0 Å². The van der Waals surface area contributed by atoms with Crippen molar-refractivity contribution in [3.63, 3.8) is 0 Å². The molecule has 0 aromatic rings. The van der Waals surface area contributed by atoms with Crippen LogP contribution < -0.4 is 0 Å². The van der Waals surface area contributed by atoms with E-state index in [1.54, 1.807) is 0 Å². The van der Waals surface area contributed by atoms with Crippen LogP contribution in [0.15, 0.2) is 4.99 Å². The molecule has 0 bridgehead atoms. The molecule has 1 atom stereocenters. The van der Waals surface area contributed by atoms with Gasteiger partial charge < -0.3 is 0 Å². The second kappa shape index (κ2) is 2.76. The molecule has 0 N–H and O–H groups in total. The second-order valence-electron chi connectivity index (χ2n) is 2.40. The Labute approximate surface area is 55.9 Å². The topological polar surface area (TPSA) is 15.4 Å². The van der Waals surface area contributed by atoms with Crippen molar-refractivity contribution >= 4 is 12.6 Å². The molecule has 0 spiro atoms. The Morgan fingerprint density at radius 1 is 1.78 bits per heavy atom. The minimum Gasteiger partial charge on any atom is -0.255 e. The van der Waals surface area contributed by atoms with Gasteiger partial charge in [-0.15, -0.1) is 0 Å². The summed E-state index contributed by atoms with van der Waals surface area (Å²) in [6.07, 6.45) is 5.04. The summed E-state index contributed by atoms with van der Waals surface area (Å²) in [4.78, 5) is 4.01. The highest BCUT2D eigenvalue weighted by atomic mass is 15.1. The Bertz CT molecular complexity index is 147. The van der Waals surface area contributed by atoms with Crippen molar-refractivity contribution in [2.24, 2.45) is 4.99 Å². The molecule has 2 nitrogen and oxygen atoms in total. The fourth-order valence-electron chi connectivity index (χ4n) is 0.850. The normalized spacial score (nSPS) is 20.0. The van der Waals surface area contributed by atoms with E-state index in [2.05, 4.69) is 23.4 Å². The lowest BCUT2D eigenvalue weighted by atomic mass is 10.2. The highest BCUT2D eigenvalue weighted by Crippen LogP contribution is 1.96. The molecule has 0 saturated heterocycles. The number of rotatable bonds is 2. The van der Waals surface area contributed by atoms with Gasteiger partial charge in [-0.3, -0.25) is 4.58 Å². The quantitative estimate of drug-likeness (QED) is 0.487. The van der Waals surface area contributed by atoms with Gasteiger partial charge in [-0.25, -0.2) is 0 Å². The first kappa shape index (κ1) is 6.46. The molecule has 0 radical (unpaired) electrons. The van der Waals surface area contributed by atoms with E-state index in [1.165, 1.54) is 6.42 Å². The van der Waals surface area contributed by atoms with Crippen LogP contribution in [0.25, 0.3) is 0 Å². The summed E-state index contributed by atoms with van der Waals surface area (Å²) in [7, 11) is 0. The fourth-order valence-corrected chi connectivity index (χ4v) is 0.850. The Morgan fingerprint density at radius 3 is 3.00 bits per heavy atom. The summed E-state index contributed by atoms with van der Waals surface area (Å²) in [6.45, 7) is 5.40. The summed E-state index contributed by atoms with van der Waals surface area (Å²) >= 11 is 0. The first-order chi connectivity index (χ1) is 4.34. The zero-order chi connectivity index (χ0) is 6.69.